The summed E-state index contributed by atoms with van der Waals surface area (Å²) in [6.45, 7) is 0.750. The van der Waals surface area contributed by atoms with Crippen LogP contribution in [0.25, 0.3) is 0 Å². The summed E-state index contributed by atoms with van der Waals surface area (Å²) < 4.78 is 16.5. The first-order chi connectivity index (χ1) is 6.70. The summed E-state index contributed by atoms with van der Waals surface area (Å²) in [5.74, 6) is 2.16. The van der Waals surface area contributed by atoms with Gasteiger partial charge in [-0.1, -0.05) is 6.42 Å². The Hall–Kier alpha value is -0.0900. The summed E-state index contributed by atoms with van der Waals surface area (Å²) in [6, 6.07) is 0.308. The molecule has 1 heterocycles. The molecule has 1 saturated heterocycles. The molecule has 1 aliphatic heterocycles. The minimum Gasteiger partial charge on any atom is -0.327 e. The van der Waals surface area contributed by atoms with Gasteiger partial charge in [0.15, 0.2) is 0 Å². The normalized spacial score (nSPS) is 36.1. The molecule has 2 N–H and O–H groups in total. The Kier molecular flexibility index (Phi) is 3.12. The molecule has 1 aliphatic carbocycles. The Morgan fingerprint density at radius 2 is 1.93 bits per heavy atom. The second-order valence-corrected chi connectivity index (χ2v) is 7.17. The summed E-state index contributed by atoms with van der Waals surface area (Å²) in [5, 5.41) is 0. The summed E-state index contributed by atoms with van der Waals surface area (Å²) in [4.78, 5) is 0. The molecule has 2 aliphatic rings. The van der Waals surface area contributed by atoms with E-state index < -0.39 is 9.73 Å². The highest BCUT2D eigenvalue weighted by molar-refractivity contribution is 7.93. The van der Waals surface area contributed by atoms with Crippen molar-refractivity contribution in [3.8, 4) is 0 Å². The molecule has 0 radical (unpaired) electrons. The molecule has 0 spiro atoms. The lowest BCUT2D eigenvalue weighted by Gasteiger charge is -2.12. The Bertz CT molecular complexity index is 295. The van der Waals surface area contributed by atoms with Crippen LogP contribution >= 0.6 is 0 Å². The highest BCUT2D eigenvalue weighted by Gasteiger charge is 2.24. The second kappa shape index (κ2) is 4.19. The molecule has 0 bridgehead atoms. The summed E-state index contributed by atoms with van der Waals surface area (Å²) in [7, 11) is -1.80. The molecule has 1 saturated carbocycles. The van der Waals surface area contributed by atoms with E-state index in [4.69, 9.17) is 5.73 Å². The molecular formula is C10H20N2OS. The maximum absolute atomic E-state index is 12.0. The lowest BCUT2D eigenvalue weighted by Crippen LogP contribution is -2.26. The Morgan fingerprint density at radius 1 is 1.21 bits per heavy atom. The highest BCUT2D eigenvalue weighted by atomic mass is 32.2. The van der Waals surface area contributed by atoms with Crippen molar-refractivity contribution in [3.05, 3.63) is 0 Å². The number of nitrogens with zero attached hydrogens (tertiary/aromatic N) is 1. The van der Waals surface area contributed by atoms with Gasteiger partial charge in [-0.25, -0.2) is 8.57 Å². The molecule has 14 heavy (non-hydrogen) atoms. The lowest BCUT2D eigenvalue weighted by molar-refractivity contribution is 0.494. The standard InChI is InChI=1S/C10H20N2OS/c11-10-5-3-4-9(10)8-12-14(13)6-1-2-7-14/h9-10H,1-8,11H2. The van der Waals surface area contributed by atoms with Gasteiger partial charge in [0, 0.05) is 27.3 Å². The highest BCUT2D eigenvalue weighted by Crippen LogP contribution is 2.25. The molecule has 2 rings (SSSR count). The van der Waals surface area contributed by atoms with Gasteiger partial charge in [-0.05, 0) is 31.6 Å². The van der Waals surface area contributed by atoms with Crippen molar-refractivity contribution in [1.82, 2.24) is 0 Å². The van der Waals surface area contributed by atoms with E-state index in [0.29, 0.717) is 12.0 Å². The van der Waals surface area contributed by atoms with Crippen LogP contribution in [0.4, 0.5) is 0 Å². The third-order valence-electron chi connectivity index (χ3n) is 3.44. The van der Waals surface area contributed by atoms with E-state index in [1.807, 2.05) is 0 Å². The quantitative estimate of drug-likeness (QED) is 0.758. The van der Waals surface area contributed by atoms with E-state index in [-0.39, 0.29) is 0 Å². The van der Waals surface area contributed by atoms with Gasteiger partial charge in [-0.3, -0.25) is 0 Å². The van der Waals surface area contributed by atoms with Crippen LogP contribution in [0.2, 0.25) is 0 Å². The number of nitrogens with two attached hydrogens (primary N) is 1. The van der Waals surface area contributed by atoms with Crippen LogP contribution in [0.3, 0.4) is 0 Å². The fraction of sp³-hybridized carbons (Fsp3) is 1.00. The molecule has 0 aromatic carbocycles. The first-order valence-electron chi connectivity index (χ1n) is 5.63. The van der Waals surface area contributed by atoms with Crippen LogP contribution in [0.5, 0.6) is 0 Å². The number of hydrogen-bond acceptors (Lipinski definition) is 3. The molecule has 0 aromatic heterocycles. The molecule has 0 amide bonds. The van der Waals surface area contributed by atoms with Crippen LogP contribution in [0.1, 0.15) is 32.1 Å². The average Bonchev–Trinajstić information content (AvgIpc) is 2.73. The van der Waals surface area contributed by atoms with Gasteiger partial charge >= 0.3 is 0 Å². The fourth-order valence-electron chi connectivity index (χ4n) is 2.41. The van der Waals surface area contributed by atoms with Crippen LogP contribution in [-0.4, -0.2) is 28.3 Å². The van der Waals surface area contributed by atoms with E-state index >= 15 is 0 Å². The van der Waals surface area contributed by atoms with Crippen molar-refractivity contribution >= 4 is 9.73 Å². The summed E-state index contributed by atoms with van der Waals surface area (Å²) in [6.07, 6.45) is 5.72. The summed E-state index contributed by atoms with van der Waals surface area (Å²) >= 11 is 0. The van der Waals surface area contributed by atoms with E-state index in [2.05, 4.69) is 4.36 Å². The first-order valence-corrected chi connectivity index (χ1v) is 7.49. The second-order valence-electron chi connectivity index (χ2n) is 4.55. The van der Waals surface area contributed by atoms with E-state index in [0.717, 1.165) is 37.3 Å². The molecule has 3 nitrogen and oxygen atoms in total. The monoisotopic (exact) mass is 216 g/mol. The van der Waals surface area contributed by atoms with E-state index in [1.165, 1.54) is 12.8 Å². The van der Waals surface area contributed by atoms with Crippen LogP contribution < -0.4 is 5.73 Å². The predicted octanol–water partition coefficient (Wildman–Crippen LogP) is 1.38. The van der Waals surface area contributed by atoms with Crippen molar-refractivity contribution in [2.75, 3.05) is 18.1 Å². The zero-order chi connectivity index (χ0) is 10.0. The largest absolute Gasteiger partial charge is 0.327 e. The van der Waals surface area contributed by atoms with Crippen LogP contribution in [-0.2, 0) is 9.73 Å². The minimum absolute atomic E-state index is 0.308. The Labute approximate surface area is 86.6 Å². The van der Waals surface area contributed by atoms with Gasteiger partial charge in [0.1, 0.15) is 0 Å². The van der Waals surface area contributed by atoms with Crippen molar-refractivity contribution in [2.45, 2.75) is 38.1 Å². The smallest absolute Gasteiger partial charge is 0.0527 e. The van der Waals surface area contributed by atoms with Gasteiger partial charge in [-0.15, -0.1) is 0 Å². The molecule has 2 atom stereocenters. The molecule has 2 unspecified atom stereocenters. The van der Waals surface area contributed by atoms with E-state index in [9.17, 15) is 4.21 Å². The first kappa shape index (κ1) is 10.4. The maximum atomic E-state index is 12.0. The third-order valence-corrected chi connectivity index (χ3v) is 5.91. The molecule has 82 valence electrons. The molecular weight excluding hydrogens is 196 g/mol. The zero-order valence-corrected chi connectivity index (χ0v) is 9.47. The zero-order valence-electron chi connectivity index (χ0n) is 8.65. The van der Waals surface area contributed by atoms with Gasteiger partial charge in [0.2, 0.25) is 0 Å². The van der Waals surface area contributed by atoms with Gasteiger partial charge < -0.3 is 5.73 Å². The molecule has 0 aromatic rings. The van der Waals surface area contributed by atoms with Gasteiger partial charge in [-0.2, -0.15) is 0 Å². The summed E-state index contributed by atoms with van der Waals surface area (Å²) in [5.41, 5.74) is 5.95. The van der Waals surface area contributed by atoms with Gasteiger partial charge in [0.05, 0.1) is 6.54 Å². The number of hydrogen-bond donors (Lipinski definition) is 1. The van der Waals surface area contributed by atoms with Crippen molar-refractivity contribution in [1.29, 1.82) is 0 Å². The van der Waals surface area contributed by atoms with E-state index in [1.54, 1.807) is 0 Å². The predicted molar refractivity (Wildman–Crippen MR) is 59.7 cm³/mol. The third kappa shape index (κ3) is 2.28. The van der Waals surface area contributed by atoms with Crippen molar-refractivity contribution in [3.63, 3.8) is 0 Å². The van der Waals surface area contributed by atoms with Crippen molar-refractivity contribution < 1.29 is 4.21 Å². The molecule has 4 heteroatoms. The van der Waals surface area contributed by atoms with Crippen LogP contribution in [0.15, 0.2) is 4.36 Å². The van der Waals surface area contributed by atoms with Crippen molar-refractivity contribution in [2.24, 2.45) is 16.0 Å². The molecule has 2 fully saturated rings. The van der Waals surface area contributed by atoms with Gasteiger partial charge in [0.25, 0.3) is 0 Å². The maximum Gasteiger partial charge on any atom is 0.0527 e. The SMILES string of the molecule is NC1CCCC1CN=S1(=O)CCCC1. The Balaban J connectivity index is 1.95. The number of rotatable bonds is 2. The average molecular weight is 216 g/mol. The topological polar surface area (TPSA) is 55.4 Å². The minimum atomic E-state index is -1.80. The Morgan fingerprint density at radius 3 is 2.50 bits per heavy atom. The van der Waals surface area contributed by atoms with Crippen LogP contribution in [0, 0.1) is 5.92 Å². The fourth-order valence-corrected chi connectivity index (χ4v) is 4.65. The lowest BCUT2D eigenvalue weighted by atomic mass is 10.1.